The van der Waals surface area contributed by atoms with Gasteiger partial charge in [-0.25, -0.2) is 18.1 Å². The summed E-state index contributed by atoms with van der Waals surface area (Å²) in [7, 11) is -2.31. The van der Waals surface area contributed by atoms with E-state index >= 15 is 0 Å². The molecule has 29 heavy (non-hydrogen) atoms. The van der Waals surface area contributed by atoms with E-state index in [2.05, 4.69) is 15.8 Å². The van der Waals surface area contributed by atoms with Crippen LogP contribution in [0.1, 0.15) is 27.0 Å². The Bertz CT molecular complexity index is 1080. The Morgan fingerprint density at radius 2 is 1.90 bits per heavy atom. The molecule has 1 N–H and O–H groups in total. The van der Waals surface area contributed by atoms with Gasteiger partial charge >= 0.3 is 0 Å². The Labute approximate surface area is 170 Å². The minimum Gasteiger partial charge on any atom is -0.352 e. The van der Waals surface area contributed by atoms with E-state index < -0.39 is 10.0 Å². The number of nitrogens with one attached hydrogen (secondary N) is 1. The number of hydrogen-bond donors (Lipinski definition) is 1. The number of pyridine rings is 1. The van der Waals surface area contributed by atoms with Crippen LogP contribution in [0.3, 0.4) is 0 Å². The molecule has 2 aromatic rings. The van der Waals surface area contributed by atoms with E-state index in [-0.39, 0.29) is 10.8 Å². The molecule has 0 atom stereocenters. The number of carbonyl (C=O) groups is 1. The lowest BCUT2D eigenvalue weighted by atomic mass is 10.0. The fourth-order valence-corrected chi connectivity index (χ4v) is 4.45. The first-order valence-electron chi connectivity index (χ1n) is 9.22. The zero-order chi connectivity index (χ0) is 21.2. The average molecular weight is 414 g/mol. The van der Waals surface area contributed by atoms with E-state index in [4.69, 9.17) is 0 Å². The van der Waals surface area contributed by atoms with Crippen LogP contribution < -0.4 is 9.62 Å². The lowest BCUT2D eigenvalue weighted by Gasteiger charge is -2.35. The molecule has 2 heterocycles. The smallest absolute Gasteiger partial charge is 0.254 e. The van der Waals surface area contributed by atoms with Crippen molar-refractivity contribution in [1.29, 1.82) is 5.26 Å². The third kappa shape index (κ3) is 4.09. The van der Waals surface area contributed by atoms with Gasteiger partial charge in [-0.05, 0) is 56.3 Å². The number of piperazine rings is 1. The van der Waals surface area contributed by atoms with Gasteiger partial charge in [0, 0.05) is 37.9 Å². The van der Waals surface area contributed by atoms with Crippen molar-refractivity contribution in [2.45, 2.75) is 18.7 Å². The first-order valence-corrected chi connectivity index (χ1v) is 10.7. The molecule has 0 radical (unpaired) electrons. The van der Waals surface area contributed by atoms with Gasteiger partial charge in [-0.1, -0.05) is 0 Å². The number of carbonyl (C=O) groups excluding carboxylic acids is 1. The van der Waals surface area contributed by atoms with Crippen molar-refractivity contribution in [3.63, 3.8) is 0 Å². The van der Waals surface area contributed by atoms with Crippen LogP contribution in [0.5, 0.6) is 0 Å². The Balaban J connectivity index is 1.80. The first kappa shape index (κ1) is 20.8. The molecule has 0 bridgehead atoms. The van der Waals surface area contributed by atoms with Crippen molar-refractivity contribution < 1.29 is 13.2 Å². The highest BCUT2D eigenvalue weighted by Gasteiger charge is 2.26. The van der Waals surface area contributed by atoms with Gasteiger partial charge in [0.05, 0.1) is 10.5 Å². The summed E-state index contributed by atoms with van der Waals surface area (Å²) in [4.78, 5) is 21.1. The number of hydrogen-bond acceptors (Lipinski definition) is 6. The number of anilines is 1. The summed E-state index contributed by atoms with van der Waals surface area (Å²) in [6, 6.07) is 8.75. The van der Waals surface area contributed by atoms with Crippen LogP contribution in [0.2, 0.25) is 0 Å². The zero-order valence-corrected chi connectivity index (χ0v) is 17.5. The predicted octanol–water partition coefficient (Wildman–Crippen LogP) is 1.44. The maximum Gasteiger partial charge on any atom is 0.254 e. The molecule has 0 saturated carbocycles. The maximum absolute atomic E-state index is 13.0. The molecule has 9 heteroatoms. The highest BCUT2D eigenvalue weighted by molar-refractivity contribution is 7.89. The molecule has 0 aliphatic carbocycles. The fraction of sp³-hybridized carbons (Fsp3) is 0.350. The Hall–Kier alpha value is -2.96. The van der Waals surface area contributed by atoms with Gasteiger partial charge in [-0.2, -0.15) is 5.26 Å². The highest BCUT2D eigenvalue weighted by atomic mass is 32.2. The van der Waals surface area contributed by atoms with Gasteiger partial charge in [0.15, 0.2) is 0 Å². The minimum absolute atomic E-state index is 0.120. The molecule has 0 unspecified atom stereocenters. The Morgan fingerprint density at radius 1 is 1.21 bits per heavy atom. The number of nitriles is 1. The molecular weight excluding hydrogens is 390 g/mol. The lowest BCUT2D eigenvalue weighted by molar-refractivity contribution is 0.0746. The molecule has 1 fully saturated rings. The number of aromatic nitrogens is 1. The number of sulfonamides is 1. The molecule has 3 rings (SSSR count). The van der Waals surface area contributed by atoms with E-state index in [0.29, 0.717) is 48.7 Å². The van der Waals surface area contributed by atoms with E-state index in [9.17, 15) is 18.5 Å². The molecule has 1 aromatic carbocycles. The second kappa shape index (κ2) is 8.19. The monoisotopic (exact) mass is 413 g/mol. The summed E-state index contributed by atoms with van der Waals surface area (Å²) in [5.41, 5.74) is 2.23. The van der Waals surface area contributed by atoms with Gasteiger partial charge in [-0.3, -0.25) is 4.79 Å². The quantitative estimate of drug-likeness (QED) is 0.813. The van der Waals surface area contributed by atoms with Crippen molar-refractivity contribution in [2.75, 3.05) is 38.1 Å². The molecule has 1 aliphatic rings. The number of benzene rings is 1. The standard InChI is InChI=1S/C20H23N5O3S/c1-14-11-17(12-18(15(14)2)29(27,28)22-3)20(26)25-9-7-24(8-10-25)19-16(13-21)5-4-6-23-19/h4-6,11-12,22H,7-10H2,1-3H3. The van der Waals surface area contributed by atoms with Crippen LogP contribution in [0.4, 0.5) is 5.82 Å². The van der Waals surface area contributed by atoms with E-state index in [0.717, 1.165) is 5.56 Å². The van der Waals surface area contributed by atoms with Gasteiger partial charge < -0.3 is 9.80 Å². The molecule has 1 amide bonds. The van der Waals surface area contributed by atoms with Crippen LogP contribution in [0.25, 0.3) is 0 Å². The van der Waals surface area contributed by atoms with E-state index in [1.807, 2.05) is 4.90 Å². The number of amides is 1. The zero-order valence-electron chi connectivity index (χ0n) is 16.6. The summed E-state index contributed by atoms with van der Waals surface area (Å²) in [6.07, 6.45) is 1.65. The molecule has 1 aromatic heterocycles. The van der Waals surface area contributed by atoms with Crippen LogP contribution in [0.15, 0.2) is 35.4 Å². The van der Waals surface area contributed by atoms with Crippen LogP contribution in [0, 0.1) is 25.2 Å². The SMILES string of the molecule is CNS(=O)(=O)c1cc(C(=O)N2CCN(c3ncccc3C#N)CC2)cc(C)c1C. The Morgan fingerprint density at radius 3 is 2.52 bits per heavy atom. The normalized spacial score (nSPS) is 14.6. The molecule has 1 aliphatic heterocycles. The predicted molar refractivity (Wildman–Crippen MR) is 109 cm³/mol. The van der Waals surface area contributed by atoms with Crippen molar-refractivity contribution in [1.82, 2.24) is 14.6 Å². The largest absolute Gasteiger partial charge is 0.352 e. The van der Waals surface area contributed by atoms with Crippen molar-refractivity contribution in [3.8, 4) is 6.07 Å². The second-order valence-corrected chi connectivity index (χ2v) is 8.74. The topological polar surface area (TPSA) is 106 Å². The second-order valence-electron chi connectivity index (χ2n) is 6.89. The summed E-state index contributed by atoms with van der Waals surface area (Å²) in [6.45, 7) is 5.53. The number of aryl methyl sites for hydroxylation is 1. The van der Waals surface area contributed by atoms with Crippen molar-refractivity contribution in [3.05, 3.63) is 52.7 Å². The van der Waals surface area contributed by atoms with E-state index in [1.54, 1.807) is 43.1 Å². The Kier molecular flexibility index (Phi) is 5.86. The van der Waals surface area contributed by atoms with Gasteiger partial charge in [0.25, 0.3) is 5.91 Å². The molecule has 8 nitrogen and oxygen atoms in total. The van der Waals surface area contributed by atoms with Crippen LogP contribution >= 0.6 is 0 Å². The summed E-state index contributed by atoms with van der Waals surface area (Å²) in [5.74, 6) is 0.414. The highest BCUT2D eigenvalue weighted by Crippen LogP contribution is 2.23. The van der Waals surface area contributed by atoms with Crippen LogP contribution in [-0.2, 0) is 10.0 Å². The first-order chi connectivity index (χ1) is 13.8. The lowest BCUT2D eigenvalue weighted by Crippen LogP contribution is -2.49. The molecule has 1 saturated heterocycles. The molecule has 0 spiro atoms. The van der Waals surface area contributed by atoms with Gasteiger partial charge in [0.2, 0.25) is 10.0 Å². The van der Waals surface area contributed by atoms with E-state index in [1.165, 1.54) is 13.1 Å². The summed E-state index contributed by atoms with van der Waals surface area (Å²) < 4.78 is 26.9. The van der Waals surface area contributed by atoms with Gasteiger partial charge in [0.1, 0.15) is 11.9 Å². The number of rotatable bonds is 4. The average Bonchev–Trinajstić information content (AvgIpc) is 2.75. The van der Waals surface area contributed by atoms with Crippen LogP contribution in [-0.4, -0.2) is 57.4 Å². The minimum atomic E-state index is -3.66. The molecular formula is C20H23N5O3S. The molecule has 152 valence electrons. The summed E-state index contributed by atoms with van der Waals surface area (Å²) in [5, 5.41) is 9.26. The van der Waals surface area contributed by atoms with Crippen molar-refractivity contribution >= 4 is 21.7 Å². The summed E-state index contributed by atoms with van der Waals surface area (Å²) >= 11 is 0. The van der Waals surface area contributed by atoms with Gasteiger partial charge in [-0.15, -0.1) is 0 Å². The third-order valence-corrected chi connectivity index (χ3v) is 6.74. The third-order valence-electron chi connectivity index (χ3n) is 5.20. The number of nitrogens with zero attached hydrogens (tertiary/aromatic N) is 4. The fourth-order valence-electron chi connectivity index (χ4n) is 3.38. The maximum atomic E-state index is 13.0. The van der Waals surface area contributed by atoms with Crippen molar-refractivity contribution in [2.24, 2.45) is 0 Å².